The standard InChI is InChI=1S/C22H19BrN2OS/c1-15-12-16(2)14-19(13-15)24-22(27)20(25-10-4-3-5-11-25)21(26)17-6-8-18(23)9-7-17/h3-14H,1-2H3,(H-,24,26,27)/p+1. The molecule has 136 valence electrons. The average molecular weight is 440 g/mol. The van der Waals surface area contributed by atoms with Gasteiger partial charge in [0.05, 0.1) is 0 Å². The van der Waals surface area contributed by atoms with Gasteiger partial charge < -0.3 is 10.4 Å². The molecule has 27 heavy (non-hydrogen) atoms. The number of benzene rings is 2. The third-order valence-corrected chi connectivity index (χ3v) is 4.83. The minimum absolute atomic E-state index is 0.112. The van der Waals surface area contributed by atoms with E-state index < -0.39 is 0 Å². The van der Waals surface area contributed by atoms with E-state index in [1.807, 2.05) is 85.4 Å². The van der Waals surface area contributed by atoms with E-state index in [9.17, 15) is 5.11 Å². The average Bonchev–Trinajstić information content (AvgIpc) is 2.62. The predicted molar refractivity (Wildman–Crippen MR) is 119 cm³/mol. The Labute approximate surface area is 173 Å². The van der Waals surface area contributed by atoms with Gasteiger partial charge in [-0.3, -0.25) is 0 Å². The maximum atomic E-state index is 11.0. The Morgan fingerprint density at radius 1 is 0.963 bits per heavy atom. The predicted octanol–water partition coefficient (Wildman–Crippen LogP) is 5.68. The zero-order valence-corrected chi connectivity index (χ0v) is 17.5. The van der Waals surface area contributed by atoms with Crippen LogP contribution in [0.2, 0.25) is 0 Å². The lowest BCUT2D eigenvalue weighted by molar-refractivity contribution is -0.575. The molecule has 0 fully saturated rings. The second kappa shape index (κ2) is 8.46. The Hall–Kier alpha value is -2.50. The third-order valence-electron chi connectivity index (χ3n) is 4.01. The second-order valence-corrected chi connectivity index (χ2v) is 7.64. The van der Waals surface area contributed by atoms with Crippen molar-refractivity contribution in [1.82, 2.24) is 0 Å². The summed E-state index contributed by atoms with van der Waals surface area (Å²) in [6.45, 7) is 4.09. The van der Waals surface area contributed by atoms with E-state index in [-0.39, 0.29) is 5.76 Å². The van der Waals surface area contributed by atoms with Crippen molar-refractivity contribution in [2.45, 2.75) is 13.8 Å². The van der Waals surface area contributed by atoms with E-state index >= 15 is 0 Å². The monoisotopic (exact) mass is 439 g/mol. The van der Waals surface area contributed by atoms with Crippen molar-refractivity contribution < 1.29 is 9.67 Å². The van der Waals surface area contributed by atoms with Gasteiger partial charge in [-0.2, -0.15) is 4.57 Å². The Bertz CT molecular complexity index is 978. The number of hydrogen-bond acceptors (Lipinski definition) is 2. The highest BCUT2D eigenvalue weighted by atomic mass is 79.9. The number of halogens is 1. The summed E-state index contributed by atoms with van der Waals surface area (Å²) < 4.78 is 2.76. The molecule has 0 atom stereocenters. The van der Waals surface area contributed by atoms with Crippen molar-refractivity contribution in [3.8, 4) is 0 Å². The van der Waals surface area contributed by atoms with E-state index in [2.05, 4.69) is 27.3 Å². The molecule has 3 nitrogen and oxygen atoms in total. The van der Waals surface area contributed by atoms with Gasteiger partial charge in [-0.05, 0) is 61.4 Å². The Balaban J connectivity index is 2.05. The van der Waals surface area contributed by atoms with Crippen LogP contribution in [0, 0.1) is 13.8 Å². The number of nitrogens with one attached hydrogen (secondary N) is 1. The van der Waals surface area contributed by atoms with Crippen molar-refractivity contribution in [1.29, 1.82) is 0 Å². The molecular formula is C22H20BrN2OS+. The van der Waals surface area contributed by atoms with Crippen LogP contribution in [-0.4, -0.2) is 10.1 Å². The van der Waals surface area contributed by atoms with Gasteiger partial charge in [0.15, 0.2) is 23.1 Å². The fraction of sp³-hybridized carbons (Fsp3) is 0.0909. The van der Waals surface area contributed by atoms with Crippen LogP contribution in [-0.2, 0) is 0 Å². The lowest BCUT2D eigenvalue weighted by Crippen LogP contribution is -2.38. The number of aromatic nitrogens is 1. The van der Waals surface area contributed by atoms with Crippen LogP contribution >= 0.6 is 28.1 Å². The Morgan fingerprint density at radius 2 is 1.56 bits per heavy atom. The minimum Gasteiger partial charge on any atom is -0.502 e. The van der Waals surface area contributed by atoms with E-state index in [0.717, 1.165) is 21.3 Å². The molecular weight excluding hydrogens is 420 g/mol. The van der Waals surface area contributed by atoms with Crippen LogP contribution in [0.15, 0.2) is 77.5 Å². The van der Waals surface area contributed by atoms with Crippen LogP contribution in [0.1, 0.15) is 16.7 Å². The Morgan fingerprint density at radius 3 is 2.15 bits per heavy atom. The van der Waals surface area contributed by atoms with Gasteiger partial charge in [0, 0.05) is 27.9 Å². The van der Waals surface area contributed by atoms with E-state index in [1.54, 1.807) is 0 Å². The van der Waals surface area contributed by atoms with Crippen molar-refractivity contribution in [2.24, 2.45) is 0 Å². The molecule has 0 saturated carbocycles. The molecule has 1 heterocycles. The molecule has 0 aliphatic rings. The maximum absolute atomic E-state index is 11.0. The number of aryl methyl sites for hydroxylation is 2. The van der Waals surface area contributed by atoms with Crippen molar-refractivity contribution in [3.63, 3.8) is 0 Å². The van der Waals surface area contributed by atoms with Crippen molar-refractivity contribution in [2.75, 3.05) is 5.32 Å². The van der Waals surface area contributed by atoms with Crippen LogP contribution in [0.3, 0.4) is 0 Å². The summed E-state index contributed by atoms with van der Waals surface area (Å²) >= 11 is 9.09. The van der Waals surface area contributed by atoms with Crippen LogP contribution in [0.5, 0.6) is 0 Å². The smallest absolute Gasteiger partial charge is 0.288 e. The van der Waals surface area contributed by atoms with Gasteiger partial charge in [0.1, 0.15) is 0 Å². The van der Waals surface area contributed by atoms with Crippen molar-refractivity contribution in [3.05, 3.63) is 94.2 Å². The molecule has 1 aromatic heterocycles. The molecule has 0 bridgehead atoms. The first-order chi connectivity index (χ1) is 12.9. The molecule has 0 amide bonds. The highest BCUT2D eigenvalue weighted by Crippen LogP contribution is 2.22. The molecule has 5 heteroatoms. The van der Waals surface area contributed by atoms with Gasteiger partial charge in [0.2, 0.25) is 0 Å². The highest BCUT2D eigenvalue weighted by Gasteiger charge is 2.23. The number of pyridine rings is 1. The third kappa shape index (κ3) is 4.81. The summed E-state index contributed by atoms with van der Waals surface area (Å²) in [5.41, 5.74) is 4.40. The lowest BCUT2D eigenvalue weighted by atomic mass is 10.1. The van der Waals surface area contributed by atoms with Crippen LogP contribution in [0.25, 0.3) is 11.5 Å². The first kappa shape index (κ1) is 19.3. The summed E-state index contributed by atoms with van der Waals surface area (Å²) in [6.07, 6.45) is 3.72. The van der Waals surface area contributed by atoms with Crippen LogP contribution in [0.4, 0.5) is 5.69 Å². The molecule has 2 aromatic carbocycles. The highest BCUT2D eigenvalue weighted by molar-refractivity contribution is 9.10. The Kier molecular flexibility index (Phi) is 6.04. The first-order valence-corrected chi connectivity index (χ1v) is 9.69. The fourth-order valence-electron chi connectivity index (χ4n) is 2.88. The zero-order valence-electron chi connectivity index (χ0n) is 15.1. The molecule has 3 rings (SSSR count). The first-order valence-electron chi connectivity index (χ1n) is 8.49. The molecule has 0 saturated heterocycles. The topological polar surface area (TPSA) is 36.1 Å². The molecule has 0 aliphatic heterocycles. The fourth-order valence-corrected chi connectivity index (χ4v) is 3.46. The minimum atomic E-state index is 0.112. The number of rotatable bonds is 4. The normalized spacial score (nSPS) is 11.7. The molecule has 0 aliphatic carbocycles. The summed E-state index contributed by atoms with van der Waals surface area (Å²) in [6, 6.07) is 19.4. The molecule has 2 N–H and O–H groups in total. The molecule has 0 spiro atoms. The number of nitrogens with zero attached hydrogens (tertiary/aromatic N) is 1. The van der Waals surface area contributed by atoms with Gasteiger partial charge in [-0.1, -0.05) is 40.3 Å². The summed E-state index contributed by atoms with van der Waals surface area (Å²) in [5.74, 6) is 0.112. The largest absolute Gasteiger partial charge is 0.502 e. The number of aliphatic hydroxyl groups is 1. The van der Waals surface area contributed by atoms with Gasteiger partial charge in [-0.25, -0.2) is 0 Å². The lowest BCUT2D eigenvalue weighted by Gasteiger charge is -2.11. The van der Waals surface area contributed by atoms with Gasteiger partial charge in [0.25, 0.3) is 5.70 Å². The molecule has 0 unspecified atom stereocenters. The maximum Gasteiger partial charge on any atom is 0.288 e. The van der Waals surface area contributed by atoms with E-state index in [0.29, 0.717) is 16.2 Å². The summed E-state index contributed by atoms with van der Waals surface area (Å²) in [4.78, 5) is 0.441. The zero-order chi connectivity index (χ0) is 19.4. The second-order valence-electron chi connectivity index (χ2n) is 6.32. The van der Waals surface area contributed by atoms with Crippen LogP contribution < -0.4 is 9.88 Å². The van der Waals surface area contributed by atoms with Gasteiger partial charge in [-0.15, -0.1) is 0 Å². The SMILES string of the molecule is Cc1cc(C)cc(NC(=S)/C(=C(\O)c2ccc(Br)cc2)[n+]2ccccc2)c1. The van der Waals surface area contributed by atoms with E-state index in [4.69, 9.17) is 12.2 Å². The summed E-state index contributed by atoms with van der Waals surface area (Å²) in [5, 5.41) is 14.3. The quantitative estimate of drug-likeness (QED) is 0.237. The van der Waals surface area contributed by atoms with E-state index in [1.165, 1.54) is 0 Å². The number of anilines is 1. The van der Waals surface area contributed by atoms with Gasteiger partial charge >= 0.3 is 0 Å². The number of hydrogen-bond donors (Lipinski definition) is 2. The summed E-state index contributed by atoms with van der Waals surface area (Å²) in [7, 11) is 0. The molecule has 0 radical (unpaired) electrons. The number of thiocarbonyl (C=S) groups is 1. The van der Waals surface area contributed by atoms with Crippen molar-refractivity contribution >= 4 is 50.3 Å². The number of aliphatic hydroxyl groups excluding tert-OH is 1. The molecule has 3 aromatic rings.